The van der Waals surface area contributed by atoms with Gasteiger partial charge in [0, 0.05) is 24.2 Å². The van der Waals surface area contributed by atoms with Gasteiger partial charge in [0.05, 0.1) is 6.26 Å². The molecule has 1 atom stereocenters. The minimum Gasteiger partial charge on any atom is -0.444 e. The van der Waals surface area contributed by atoms with Gasteiger partial charge in [-0.1, -0.05) is 18.6 Å². The van der Waals surface area contributed by atoms with E-state index in [0.717, 1.165) is 36.9 Å². The zero-order valence-corrected chi connectivity index (χ0v) is 19.5. The van der Waals surface area contributed by atoms with Crippen molar-refractivity contribution in [3.8, 4) is 0 Å². The fourth-order valence-electron chi connectivity index (χ4n) is 4.15. The van der Waals surface area contributed by atoms with E-state index in [9.17, 15) is 18.0 Å². The Bertz CT molecular complexity index is 917. The van der Waals surface area contributed by atoms with Crippen molar-refractivity contribution in [1.82, 2.24) is 10.0 Å². The number of ether oxygens (including phenoxy) is 1. The van der Waals surface area contributed by atoms with Crippen LogP contribution in [0.2, 0.25) is 0 Å². The van der Waals surface area contributed by atoms with Crippen molar-refractivity contribution >= 4 is 27.7 Å². The number of benzene rings is 1. The maximum Gasteiger partial charge on any atom is 0.408 e. The Labute approximate surface area is 184 Å². The highest BCUT2D eigenvalue weighted by Crippen LogP contribution is 2.43. The maximum atomic E-state index is 13.0. The molecule has 2 N–H and O–H groups in total. The molecule has 0 spiro atoms. The molecule has 2 fully saturated rings. The van der Waals surface area contributed by atoms with E-state index in [-0.39, 0.29) is 11.3 Å². The lowest BCUT2D eigenvalue weighted by Gasteiger charge is -2.42. The van der Waals surface area contributed by atoms with Crippen LogP contribution in [0.25, 0.3) is 0 Å². The molecular formula is C22H33N3O5S. The van der Waals surface area contributed by atoms with Gasteiger partial charge in [0.1, 0.15) is 11.6 Å². The Morgan fingerprint density at radius 3 is 2.35 bits per heavy atom. The minimum absolute atomic E-state index is 0.151. The number of anilines is 1. The van der Waals surface area contributed by atoms with E-state index >= 15 is 0 Å². The van der Waals surface area contributed by atoms with Gasteiger partial charge >= 0.3 is 6.09 Å². The summed E-state index contributed by atoms with van der Waals surface area (Å²) in [4.78, 5) is 26.7. The van der Waals surface area contributed by atoms with Crippen molar-refractivity contribution in [2.75, 3.05) is 24.2 Å². The van der Waals surface area contributed by atoms with Gasteiger partial charge in [-0.25, -0.2) is 17.9 Å². The van der Waals surface area contributed by atoms with E-state index < -0.39 is 27.8 Å². The molecule has 172 valence electrons. The van der Waals surface area contributed by atoms with Gasteiger partial charge in [-0.05, 0) is 64.2 Å². The van der Waals surface area contributed by atoms with E-state index in [0.29, 0.717) is 19.5 Å². The SMILES string of the molecule is CC(C)(C)OC(=O)NC1CCCN(c2ccc(C3(CNS(C)(=O)=O)CCC3)cc2)C1=O. The summed E-state index contributed by atoms with van der Waals surface area (Å²) in [5, 5.41) is 2.69. The summed E-state index contributed by atoms with van der Waals surface area (Å²) in [5.41, 5.74) is 1.04. The normalized spacial score (nSPS) is 21.4. The van der Waals surface area contributed by atoms with Gasteiger partial charge in [-0.3, -0.25) is 4.79 Å². The molecule has 0 radical (unpaired) electrons. The van der Waals surface area contributed by atoms with Crippen molar-refractivity contribution in [2.24, 2.45) is 0 Å². The fraction of sp³-hybridized carbons (Fsp3) is 0.636. The predicted molar refractivity (Wildman–Crippen MR) is 120 cm³/mol. The lowest BCUT2D eigenvalue weighted by atomic mass is 9.64. The lowest BCUT2D eigenvalue weighted by molar-refractivity contribution is -0.121. The third-order valence-corrected chi connectivity index (χ3v) is 6.57. The fourth-order valence-corrected chi connectivity index (χ4v) is 4.69. The quantitative estimate of drug-likeness (QED) is 0.692. The molecule has 9 heteroatoms. The van der Waals surface area contributed by atoms with Crippen LogP contribution >= 0.6 is 0 Å². The molecule has 1 aromatic rings. The van der Waals surface area contributed by atoms with Gasteiger partial charge < -0.3 is 15.0 Å². The second-order valence-corrected chi connectivity index (χ2v) is 11.4. The van der Waals surface area contributed by atoms with Crippen molar-refractivity contribution in [3.05, 3.63) is 29.8 Å². The largest absolute Gasteiger partial charge is 0.444 e. The van der Waals surface area contributed by atoms with E-state index in [2.05, 4.69) is 10.0 Å². The maximum absolute atomic E-state index is 13.0. The molecule has 1 aliphatic heterocycles. The highest BCUT2D eigenvalue weighted by molar-refractivity contribution is 7.88. The summed E-state index contributed by atoms with van der Waals surface area (Å²) in [6.07, 6.45) is 4.86. The first-order chi connectivity index (χ1) is 14.4. The number of nitrogens with one attached hydrogen (secondary N) is 2. The van der Waals surface area contributed by atoms with Crippen LogP contribution in [0.3, 0.4) is 0 Å². The van der Waals surface area contributed by atoms with Crippen LogP contribution in [-0.4, -0.2) is 51.4 Å². The first kappa shape index (κ1) is 23.5. The summed E-state index contributed by atoms with van der Waals surface area (Å²) in [5.74, 6) is -0.151. The number of nitrogens with zero attached hydrogens (tertiary/aromatic N) is 1. The summed E-state index contributed by atoms with van der Waals surface area (Å²) < 4.78 is 31.0. The van der Waals surface area contributed by atoms with E-state index in [1.54, 1.807) is 25.7 Å². The first-order valence-electron chi connectivity index (χ1n) is 10.7. The summed E-state index contributed by atoms with van der Waals surface area (Å²) in [6, 6.07) is 7.17. The molecule has 2 amide bonds. The summed E-state index contributed by atoms with van der Waals surface area (Å²) >= 11 is 0. The van der Waals surface area contributed by atoms with E-state index in [1.807, 2.05) is 24.3 Å². The number of sulfonamides is 1. The molecule has 1 aromatic carbocycles. The minimum atomic E-state index is -3.25. The molecule has 1 saturated heterocycles. The summed E-state index contributed by atoms with van der Waals surface area (Å²) in [7, 11) is -3.25. The van der Waals surface area contributed by atoms with Gasteiger partial charge in [-0.2, -0.15) is 0 Å². The zero-order valence-electron chi connectivity index (χ0n) is 18.7. The van der Waals surface area contributed by atoms with Gasteiger partial charge in [-0.15, -0.1) is 0 Å². The Balaban J connectivity index is 1.68. The van der Waals surface area contributed by atoms with Gasteiger partial charge in [0.25, 0.3) is 0 Å². The molecule has 1 unspecified atom stereocenters. The van der Waals surface area contributed by atoms with Crippen LogP contribution in [0, 0.1) is 0 Å². The number of carbonyl (C=O) groups excluding carboxylic acids is 2. The zero-order chi connectivity index (χ0) is 22.9. The second-order valence-electron chi connectivity index (χ2n) is 9.60. The molecule has 0 bridgehead atoms. The van der Waals surface area contributed by atoms with Crippen molar-refractivity contribution < 1.29 is 22.7 Å². The molecule has 0 aromatic heterocycles. The van der Waals surface area contributed by atoms with Crippen molar-refractivity contribution in [1.29, 1.82) is 0 Å². The highest BCUT2D eigenvalue weighted by atomic mass is 32.2. The van der Waals surface area contributed by atoms with Crippen LogP contribution in [0.5, 0.6) is 0 Å². The number of rotatable bonds is 6. The third-order valence-electron chi connectivity index (χ3n) is 5.90. The molecule has 1 saturated carbocycles. The average Bonchev–Trinajstić information content (AvgIpc) is 2.61. The Morgan fingerprint density at radius 1 is 1.19 bits per heavy atom. The first-order valence-corrected chi connectivity index (χ1v) is 12.6. The standard InChI is InChI=1S/C22H33N3O5S/c1-21(2,3)30-20(27)24-18-7-5-14-25(19(18)26)17-10-8-16(9-11-17)22(12-6-13-22)15-23-31(4,28)29/h8-11,18,23H,5-7,12-15H2,1-4H3,(H,24,27). The molecule has 31 heavy (non-hydrogen) atoms. The second kappa shape index (κ2) is 8.78. The van der Waals surface area contributed by atoms with Crippen molar-refractivity contribution in [3.63, 3.8) is 0 Å². The van der Waals surface area contributed by atoms with E-state index in [4.69, 9.17) is 4.74 Å². The molecule has 2 aliphatic rings. The average molecular weight is 452 g/mol. The van der Waals surface area contributed by atoms with Crippen LogP contribution in [0.15, 0.2) is 24.3 Å². The Morgan fingerprint density at radius 2 is 1.84 bits per heavy atom. The van der Waals surface area contributed by atoms with Gasteiger partial charge in [0.2, 0.25) is 15.9 Å². The summed E-state index contributed by atoms with van der Waals surface area (Å²) in [6.45, 7) is 6.32. The highest BCUT2D eigenvalue weighted by Gasteiger charge is 2.39. The van der Waals surface area contributed by atoms with Crippen LogP contribution in [0.1, 0.15) is 58.4 Å². The lowest BCUT2D eigenvalue weighted by Crippen LogP contribution is -2.53. The molecular weight excluding hydrogens is 418 g/mol. The topological polar surface area (TPSA) is 105 Å². The monoisotopic (exact) mass is 451 g/mol. The number of hydrogen-bond donors (Lipinski definition) is 2. The number of piperidine rings is 1. The van der Waals surface area contributed by atoms with Crippen LogP contribution in [0.4, 0.5) is 10.5 Å². The van der Waals surface area contributed by atoms with Crippen molar-refractivity contribution in [2.45, 2.75) is 69.9 Å². The number of hydrogen-bond acceptors (Lipinski definition) is 5. The van der Waals surface area contributed by atoms with E-state index in [1.165, 1.54) is 6.26 Å². The van der Waals surface area contributed by atoms with Crippen LogP contribution in [-0.2, 0) is 25.0 Å². The Hall–Kier alpha value is -2.13. The molecule has 1 heterocycles. The molecule has 1 aliphatic carbocycles. The number of amides is 2. The predicted octanol–water partition coefficient (Wildman–Crippen LogP) is 2.68. The third kappa shape index (κ3) is 5.98. The number of carbonyl (C=O) groups is 2. The molecule has 8 nitrogen and oxygen atoms in total. The van der Waals surface area contributed by atoms with Crippen LogP contribution < -0.4 is 14.9 Å². The smallest absolute Gasteiger partial charge is 0.408 e. The van der Waals surface area contributed by atoms with Gasteiger partial charge in [0.15, 0.2) is 0 Å². The molecule has 3 rings (SSSR count). The number of alkyl carbamates (subject to hydrolysis) is 1. The Kier molecular flexibility index (Phi) is 6.67.